The van der Waals surface area contributed by atoms with Crippen LogP contribution in [0.1, 0.15) is 30.1 Å². The molecule has 2 rings (SSSR count). The second-order valence-corrected chi connectivity index (χ2v) is 4.24. The molecule has 1 saturated heterocycles. The highest BCUT2D eigenvalue weighted by Crippen LogP contribution is 2.31. The molecule has 1 aromatic rings. The summed E-state index contributed by atoms with van der Waals surface area (Å²) in [6.07, 6.45) is 3.91. The lowest BCUT2D eigenvalue weighted by atomic mass is 10.1. The Morgan fingerprint density at radius 3 is 3.19 bits per heavy atom. The highest BCUT2D eigenvalue weighted by Gasteiger charge is 2.31. The fraction of sp³-hybridized carbons (Fsp3) is 0.636. The molecule has 2 N–H and O–H groups in total. The van der Waals surface area contributed by atoms with E-state index in [1.807, 2.05) is 18.0 Å². The van der Waals surface area contributed by atoms with Crippen molar-refractivity contribution in [3.8, 4) is 0 Å². The Hall–Kier alpha value is -1.36. The predicted molar refractivity (Wildman–Crippen MR) is 60.9 cm³/mol. The topological polar surface area (TPSA) is 61.0 Å². The van der Waals surface area contributed by atoms with E-state index < -0.39 is 0 Å². The molecular formula is C11H18N4O. The minimum absolute atomic E-state index is 0.166. The third-order valence-electron chi connectivity index (χ3n) is 3.10. The molecule has 5 heteroatoms. The molecule has 16 heavy (non-hydrogen) atoms. The van der Waals surface area contributed by atoms with Crippen molar-refractivity contribution < 1.29 is 4.79 Å². The molecule has 0 radical (unpaired) electrons. The van der Waals surface area contributed by atoms with Gasteiger partial charge in [0.2, 0.25) is 5.91 Å². The van der Waals surface area contributed by atoms with Gasteiger partial charge in [-0.05, 0) is 32.4 Å². The molecule has 1 atom stereocenters. The largest absolute Gasteiger partial charge is 0.333 e. The maximum Gasteiger partial charge on any atom is 0.237 e. The second-order valence-electron chi connectivity index (χ2n) is 4.24. The number of carbonyl (C=O) groups excluding carboxylic acids is 1. The van der Waals surface area contributed by atoms with Crippen molar-refractivity contribution in [2.75, 3.05) is 20.1 Å². The molecule has 1 aliphatic heterocycles. The Labute approximate surface area is 95.2 Å². The summed E-state index contributed by atoms with van der Waals surface area (Å²) in [5.41, 5.74) is 2.22. The Bertz CT molecular complexity index is 374. The number of nitrogens with zero attached hydrogens (tertiary/aromatic N) is 2. The van der Waals surface area contributed by atoms with E-state index in [4.69, 9.17) is 0 Å². The molecule has 0 spiro atoms. The molecule has 2 heterocycles. The summed E-state index contributed by atoms with van der Waals surface area (Å²) in [7, 11) is 1.80. The molecule has 1 fully saturated rings. The van der Waals surface area contributed by atoms with E-state index in [0.29, 0.717) is 6.54 Å². The first-order chi connectivity index (χ1) is 7.74. The van der Waals surface area contributed by atoms with E-state index in [9.17, 15) is 4.79 Å². The van der Waals surface area contributed by atoms with Crippen molar-refractivity contribution >= 4 is 5.91 Å². The van der Waals surface area contributed by atoms with E-state index in [2.05, 4.69) is 15.5 Å². The predicted octanol–water partition coefficient (Wildman–Crippen LogP) is 0.601. The van der Waals surface area contributed by atoms with Crippen LogP contribution in [0.25, 0.3) is 0 Å². The van der Waals surface area contributed by atoms with Gasteiger partial charge in [0.05, 0.1) is 24.5 Å². The van der Waals surface area contributed by atoms with Gasteiger partial charge in [-0.3, -0.25) is 9.89 Å². The van der Waals surface area contributed by atoms with Crippen molar-refractivity contribution in [2.24, 2.45) is 0 Å². The van der Waals surface area contributed by atoms with Crippen LogP contribution in [0.2, 0.25) is 0 Å². The first kappa shape index (κ1) is 11.1. The molecule has 0 aliphatic carbocycles. The van der Waals surface area contributed by atoms with Gasteiger partial charge in [0.15, 0.2) is 0 Å². The van der Waals surface area contributed by atoms with Crippen LogP contribution in [-0.4, -0.2) is 41.1 Å². The van der Waals surface area contributed by atoms with Crippen LogP contribution >= 0.6 is 0 Å². The van der Waals surface area contributed by atoms with Crippen molar-refractivity contribution in [2.45, 2.75) is 25.8 Å². The van der Waals surface area contributed by atoms with Crippen LogP contribution in [0.5, 0.6) is 0 Å². The highest BCUT2D eigenvalue weighted by molar-refractivity contribution is 5.79. The first-order valence-electron chi connectivity index (χ1n) is 5.68. The van der Waals surface area contributed by atoms with Crippen LogP contribution in [0.4, 0.5) is 0 Å². The summed E-state index contributed by atoms with van der Waals surface area (Å²) in [6, 6.07) is 0.184. The van der Waals surface area contributed by atoms with Crippen molar-refractivity contribution in [1.82, 2.24) is 20.4 Å². The molecule has 0 saturated carbocycles. The van der Waals surface area contributed by atoms with Gasteiger partial charge in [0.1, 0.15) is 0 Å². The van der Waals surface area contributed by atoms with Crippen molar-refractivity contribution in [1.29, 1.82) is 0 Å². The van der Waals surface area contributed by atoms with Crippen LogP contribution in [0, 0.1) is 6.92 Å². The van der Waals surface area contributed by atoms with Crippen LogP contribution in [-0.2, 0) is 4.79 Å². The monoisotopic (exact) mass is 222 g/mol. The average molecular weight is 222 g/mol. The number of carbonyl (C=O) groups is 1. The number of likely N-dealkylation sites (tertiary alicyclic amines) is 1. The fourth-order valence-electron chi connectivity index (χ4n) is 2.31. The van der Waals surface area contributed by atoms with Gasteiger partial charge in [-0.25, -0.2) is 0 Å². The lowest BCUT2D eigenvalue weighted by molar-refractivity contribution is -0.131. The van der Waals surface area contributed by atoms with Crippen molar-refractivity contribution in [3.05, 3.63) is 17.5 Å². The molecule has 1 unspecified atom stereocenters. The lowest BCUT2D eigenvalue weighted by Crippen LogP contribution is -2.36. The Balaban J connectivity index is 2.15. The van der Waals surface area contributed by atoms with Crippen LogP contribution in [0.3, 0.4) is 0 Å². The van der Waals surface area contributed by atoms with Gasteiger partial charge in [-0.15, -0.1) is 0 Å². The first-order valence-corrected chi connectivity index (χ1v) is 5.68. The summed E-state index contributed by atoms with van der Waals surface area (Å²) in [5, 5.41) is 9.95. The maximum absolute atomic E-state index is 11.9. The smallest absolute Gasteiger partial charge is 0.237 e. The normalized spacial score (nSPS) is 20.4. The SMILES string of the molecule is CNCC(=O)N1CCCC1c1[nH]ncc1C. The molecular weight excluding hydrogens is 204 g/mol. The number of nitrogens with one attached hydrogen (secondary N) is 2. The molecule has 88 valence electrons. The van der Waals surface area contributed by atoms with Gasteiger partial charge in [-0.2, -0.15) is 5.10 Å². The highest BCUT2D eigenvalue weighted by atomic mass is 16.2. The number of aromatic nitrogens is 2. The van der Waals surface area contributed by atoms with Gasteiger partial charge in [-0.1, -0.05) is 0 Å². The van der Waals surface area contributed by atoms with E-state index in [0.717, 1.165) is 30.6 Å². The Kier molecular flexibility index (Phi) is 3.24. The van der Waals surface area contributed by atoms with E-state index in [1.54, 1.807) is 7.05 Å². The summed E-state index contributed by atoms with van der Waals surface area (Å²) in [4.78, 5) is 13.8. The quantitative estimate of drug-likeness (QED) is 0.787. The Morgan fingerprint density at radius 2 is 2.56 bits per heavy atom. The molecule has 1 aromatic heterocycles. The standard InChI is InChI=1S/C11H18N4O/c1-8-6-13-14-11(8)9-4-3-5-15(9)10(16)7-12-2/h6,9,12H,3-5,7H2,1-2H3,(H,13,14). The maximum atomic E-state index is 11.9. The van der Waals surface area contributed by atoms with E-state index in [1.165, 1.54) is 0 Å². The van der Waals surface area contributed by atoms with Crippen molar-refractivity contribution in [3.63, 3.8) is 0 Å². The number of likely N-dealkylation sites (N-methyl/N-ethyl adjacent to an activating group) is 1. The molecule has 1 aliphatic rings. The number of aryl methyl sites for hydroxylation is 1. The number of aromatic amines is 1. The molecule has 1 amide bonds. The zero-order chi connectivity index (χ0) is 11.5. The van der Waals surface area contributed by atoms with Gasteiger partial charge >= 0.3 is 0 Å². The summed E-state index contributed by atoms with van der Waals surface area (Å²) in [5.74, 6) is 0.166. The molecule has 0 bridgehead atoms. The third-order valence-corrected chi connectivity index (χ3v) is 3.10. The number of amides is 1. The average Bonchev–Trinajstić information content (AvgIpc) is 2.85. The van der Waals surface area contributed by atoms with Crippen LogP contribution < -0.4 is 5.32 Å². The van der Waals surface area contributed by atoms with E-state index in [-0.39, 0.29) is 11.9 Å². The minimum Gasteiger partial charge on any atom is -0.333 e. The second kappa shape index (κ2) is 4.65. The number of hydrogen-bond acceptors (Lipinski definition) is 3. The summed E-state index contributed by atoms with van der Waals surface area (Å²) >= 11 is 0. The number of hydrogen-bond donors (Lipinski definition) is 2. The zero-order valence-corrected chi connectivity index (χ0v) is 9.79. The van der Waals surface area contributed by atoms with Gasteiger partial charge in [0.25, 0.3) is 0 Å². The van der Waals surface area contributed by atoms with Gasteiger partial charge in [0, 0.05) is 6.54 Å². The molecule has 5 nitrogen and oxygen atoms in total. The summed E-state index contributed by atoms with van der Waals surface area (Å²) in [6.45, 7) is 3.28. The number of H-pyrrole nitrogens is 1. The lowest BCUT2D eigenvalue weighted by Gasteiger charge is -2.24. The number of rotatable bonds is 3. The molecule has 0 aromatic carbocycles. The van der Waals surface area contributed by atoms with Crippen LogP contribution in [0.15, 0.2) is 6.20 Å². The minimum atomic E-state index is 0.166. The summed E-state index contributed by atoms with van der Waals surface area (Å²) < 4.78 is 0. The van der Waals surface area contributed by atoms with E-state index >= 15 is 0 Å². The van der Waals surface area contributed by atoms with Gasteiger partial charge < -0.3 is 10.2 Å². The Morgan fingerprint density at radius 1 is 1.75 bits per heavy atom. The fourth-order valence-corrected chi connectivity index (χ4v) is 2.31. The zero-order valence-electron chi connectivity index (χ0n) is 9.79. The third kappa shape index (κ3) is 1.95.